The van der Waals surface area contributed by atoms with E-state index in [1.807, 2.05) is 45.0 Å². The Morgan fingerprint density at radius 1 is 1.14 bits per heavy atom. The van der Waals surface area contributed by atoms with Gasteiger partial charge in [0.15, 0.2) is 0 Å². The first-order valence-corrected chi connectivity index (χ1v) is 10.7. The highest BCUT2D eigenvalue weighted by Gasteiger charge is 2.27. The quantitative estimate of drug-likeness (QED) is 0.757. The maximum Gasteiger partial charge on any atom is 0.410 e. The third-order valence-electron chi connectivity index (χ3n) is 4.64. The van der Waals surface area contributed by atoms with E-state index in [1.54, 1.807) is 4.90 Å². The van der Waals surface area contributed by atoms with Crippen LogP contribution in [0.3, 0.4) is 0 Å². The predicted molar refractivity (Wildman–Crippen MR) is 105 cm³/mol. The molecule has 2 aliphatic rings. The van der Waals surface area contributed by atoms with Crippen molar-refractivity contribution < 1.29 is 26.8 Å². The summed E-state index contributed by atoms with van der Waals surface area (Å²) in [5, 5.41) is 0. The summed E-state index contributed by atoms with van der Waals surface area (Å²) in [5.41, 5.74) is 0.691. The van der Waals surface area contributed by atoms with E-state index < -0.39 is 17.0 Å². The van der Waals surface area contributed by atoms with Gasteiger partial charge in [-0.2, -0.15) is 4.21 Å². The zero-order valence-electron chi connectivity index (χ0n) is 16.7. The molecule has 2 fully saturated rings. The van der Waals surface area contributed by atoms with Crippen LogP contribution in [0.2, 0.25) is 0 Å². The van der Waals surface area contributed by atoms with Gasteiger partial charge in [0.1, 0.15) is 17.5 Å². The number of piperidine rings is 1. The van der Waals surface area contributed by atoms with Gasteiger partial charge in [-0.15, -0.1) is 0 Å². The summed E-state index contributed by atoms with van der Waals surface area (Å²) in [7, 11) is 0. The molecule has 3 rings (SSSR count). The Balaban J connectivity index is 1.42. The van der Waals surface area contributed by atoms with Crippen molar-refractivity contribution in [2.24, 2.45) is 5.92 Å². The van der Waals surface area contributed by atoms with Crippen LogP contribution in [-0.4, -0.2) is 53.2 Å². The lowest BCUT2D eigenvalue weighted by atomic mass is 10.0. The Labute approximate surface area is 169 Å². The Morgan fingerprint density at radius 2 is 1.75 bits per heavy atom. The lowest BCUT2D eigenvalue weighted by Gasteiger charge is -2.33. The molecular weight excluding hydrogens is 382 g/mol. The smallest absolute Gasteiger partial charge is 0.410 e. The average Bonchev–Trinajstić information content (AvgIpc) is 2.64. The molecule has 1 aromatic rings. The minimum atomic E-state index is -1.59. The van der Waals surface area contributed by atoms with Crippen LogP contribution in [0.4, 0.5) is 4.79 Å². The Kier molecular flexibility index (Phi) is 6.95. The minimum absolute atomic E-state index is 0.0969. The van der Waals surface area contributed by atoms with Gasteiger partial charge in [-0.3, -0.25) is 8.37 Å². The molecule has 2 saturated heterocycles. The Hall–Kier alpha value is -1.64. The van der Waals surface area contributed by atoms with Gasteiger partial charge in [0.05, 0.1) is 13.2 Å². The number of ether oxygens (including phenoxy) is 2. The van der Waals surface area contributed by atoms with Gasteiger partial charge in [-0.05, 0) is 44.9 Å². The highest BCUT2D eigenvalue weighted by atomic mass is 32.2. The van der Waals surface area contributed by atoms with Crippen molar-refractivity contribution in [1.82, 2.24) is 4.90 Å². The highest BCUT2D eigenvalue weighted by Crippen LogP contribution is 2.22. The number of likely N-dealkylation sites (tertiary alicyclic amines) is 1. The third kappa shape index (κ3) is 6.46. The zero-order chi connectivity index (χ0) is 20.1. The summed E-state index contributed by atoms with van der Waals surface area (Å²) in [4.78, 5) is 13.9. The number of hydrogen-bond donors (Lipinski definition) is 0. The second kappa shape index (κ2) is 9.24. The van der Waals surface area contributed by atoms with E-state index >= 15 is 0 Å². The molecule has 2 heterocycles. The second-order valence-corrected chi connectivity index (χ2v) is 9.15. The summed E-state index contributed by atoms with van der Waals surface area (Å²) in [6.45, 7) is 7.79. The molecule has 8 heteroatoms. The maximum atomic E-state index is 12.1. The van der Waals surface area contributed by atoms with Crippen molar-refractivity contribution >= 4 is 17.5 Å². The van der Waals surface area contributed by atoms with E-state index in [9.17, 15) is 9.00 Å². The molecule has 0 radical (unpaired) electrons. The summed E-state index contributed by atoms with van der Waals surface area (Å²) in [6, 6.07) is 8.02. The Morgan fingerprint density at radius 3 is 2.32 bits per heavy atom. The first-order valence-electron chi connectivity index (χ1n) is 9.70. The summed E-state index contributed by atoms with van der Waals surface area (Å²) in [5.74, 6) is 1.04. The predicted octanol–water partition coefficient (Wildman–Crippen LogP) is 3.25. The molecule has 0 atom stereocenters. The fourth-order valence-electron chi connectivity index (χ4n) is 3.22. The molecule has 0 N–H and O–H groups in total. The summed E-state index contributed by atoms with van der Waals surface area (Å²) in [6.07, 6.45) is 2.23. The molecule has 0 bridgehead atoms. The van der Waals surface area contributed by atoms with Crippen LogP contribution in [0.5, 0.6) is 5.75 Å². The monoisotopic (exact) mass is 411 g/mol. The standard InChI is InChI=1S/C20H29NO6S/c1-20(2,3)27-19(22)21-10-8-18(9-11-21)26-17-6-4-15(5-7-17)12-16-13-24-28(23)25-14-16/h4-7,16,18H,8-14H2,1-3H3/t16-,28+. The van der Waals surface area contributed by atoms with Gasteiger partial charge in [-0.1, -0.05) is 12.1 Å². The average molecular weight is 412 g/mol. The molecule has 7 nitrogen and oxygen atoms in total. The van der Waals surface area contributed by atoms with Crippen LogP contribution >= 0.6 is 0 Å². The van der Waals surface area contributed by atoms with Gasteiger partial charge in [0.2, 0.25) is 0 Å². The molecule has 156 valence electrons. The molecule has 0 unspecified atom stereocenters. The third-order valence-corrected chi connectivity index (χ3v) is 5.30. The number of rotatable bonds is 4. The maximum absolute atomic E-state index is 12.1. The lowest BCUT2D eigenvalue weighted by molar-refractivity contribution is 0.0126. The van der Waals surface area contributed by atoms with E-state index in [2.05, 4.69) is 0 Å². The molecule has 0 spiro atoms. The number of benzene rings is 1. The normalized spacial score (nSPS) is 24.0. The number of carbonyl (C=O) groups excluding carboxylic acids is 1. The molecule has 0 aromatic heterocycles. The molecule has 1 amide bonds. The van der Waals surface area contributed by atoms with Gasteiger partial charge >= 0.3 is 17.5 Å². The van der Waals surface area contributed by atoms with E-state index in [0.29, 0.717) is 26.3 Å². The number of carbonyl (C=O) groups is 1. The van der Waals surface area contributed by atoms with Crippen molar-refractivity contribution in [3.05, 3.63) is 29.8 Å². The van der Waals surface area contributed by atoms with E-state index in [0.717, 1.165) is 30.6 Å². The second-order valence-electron chi connectivity index (χ2n) is 8.27. The minimum Gasteiger partial charge on any atom is -0.490 e. The van der Waals surface area contributed by atoms with Crippen molar-refractivity contribution in [2.45, 2.75) is 51.7 Å². The van der Waals surface area contributed by atoms with Gasteiger partial charge in [0.25, 0.3) is 0 Å². The Bertz CT molecular complexity index is 669. The van der Waals surface area contributed by atoms with Crippen molar-refractivity contribution in [3.8, 4) is 5.75 Å². The zero-order valence-corrected chi connectivity index (χ0v) is 17.5. The summed E-state index contributed by atoms with van der Waals surface area (Å²) >= 11 is -1.59. The van der Waals surface area contributed by atoms with E-state index in [-0.39, 0.29) is 18.1 Å². The van der Waals surface area contributed by atoms with Gasteiger partial charge in [0, 0.05) is 31.8 Å². The SMILES string of the molecule is CC(C)(C)OC(=O)N1CCC(Oc2ccc(C[C@H]3CO[S@@](=O)OC3)cc2)CC1. The van der Waals surface area contributed by atoms with Crippen LogP contribution in [0.25, 0.3) is 0 Å². The molecule has 28 heavy (non-hydrogen) atoms. The largest absolute Gasteiger partial charge is 0.490 e. The molecular formula is C20H29NO6S. The summed E-state index contributed by atoms with van der Waals surface area (Å²) < 4.78 is 32.6. The molecule has 2 aliphatic heterocycles. The number of amides is 1. The van der Waals surface area contributed by atoms with Crippen LogP contribution in [0, 0.1) is 5.92 Å². The van der Waals surface area contributed by atoms with Gasteiger partial charge in [-0.25, -0.2) is 4.79 Å². The van der Waals surface area contributed by atoms with Crippen molar-refractivity contribution in [1.29, 1.82) is 0 Å². The first kappa shape index (κ1) is 21.1. The van der Waals surface area contributed by atoms with Crippen LogP contribution in [-0.2, 0) is 30.9 Å². The molecule has 1 aromatic carbocycles. The fourth-order valence-corrected chi connectivity index (χ4v) is 3.89. The van der Waals surface area contributed by atoms with Crippen molar-refractivity contribution in [2.75, 3.05) is 26.3 Å². The van der Waals surface area contributed by atoms with Crippen molar-refractivity contribution in [3.63, 3.8) is 0 Å². The van der Waals surface area contributed by atoms with Crippen LogP contribution in [0.1, 0.15) is 39.2 Å². The van der Waals surface area contributed by atoms with Gasteiger partial charge < -0.3 is 14.4 Å². The van der Waals surface area contributed by atoms with Crippen LogP contribution in [0.15, 0.2) is 24.3 Å². The van der Waals surface area contributed by atoms with Crippen LogP contribution < -0.4 is 4.74 Å². The lowest BCUT2D eigenvalue weighted by Crippen LogP contribution is -2.44. The number of nitrogens with zero attached hydrogens (tertiary/aromatic N) is 1. The highest BCUT2D eigenvalue weighted by molar-refractivity contribution is 7.75. The molecule has 0 saturated carbocycles. The topological polar surface area (TPSA) is 74.3 Å². The van der Waals surface area contributed by atoms with E-state index in [4.69, 9.17) is 17.8 Å². The fraction of sp³-hybridized carbons (Fsp3) is 0.650. The number of hydrogen-bond acceptors (Lipinski definition) is 6. The first-order chi connectivity index (χ1) is 13.3. The molecule has 0 aliphatic carbocycles. The van der Waals surface area contributed by atoms with E-state index in [1.165, 1.54) is 0 Å².